The molecule has 0 aromatic carbocycles. The van der Waals surface area contributed by atoms with Crippen molar-refractivity contribution < 1.29 is 4.52 Å². The normalized spacial score (nSPS) is 11.1. The lowest BCUT2D eigenvalue weighted by Gasteiger charge is -2.09. The van der Waals surface area contributed by atoms with E-state index in [-0.39, 0.29) is 24.0 Å². The van der Waals surface area contributed by atoms with Gasteiger partial charge in [-0.1, -0.05) is 5.16 Å². The van der Waals surface area contributed by atoms with Crippen molar-refractivity contribution >= 4 is 41.3 Å². The molecule has 9 heteroatoms. The third-order valence-corrected chi connectivity index (χ3v) is 3.45. The molecule has 0 saturated heterocycles. The summed E-state index contributed by atoms with van der Waals surface area (Å²) in [5.41, 5.74) is 1.10. The fourth-order valence-electron chi connectivity index (χ4n) is 1.72. The Kier molecular flexibility index (Phi) is 8.31. The van der Waals surface area contributed by atoms with Gasteiger partial charge in [-0.05, 0) is 20.8 Å². The van der Waals surface area contributed by atoms with Crippen molar-refractivity contribution in [3.05, 3.63) is 27.8 Å². The number of aryl methyl sites for hydroxylation is 2. The Hall–Kier alpha value is -1.23. The van der Waals surface area contributed by atoms with E-state index >= 15 is 0 Å². The molecule has 0 aliphatic carbocycles. The third kappa shape index (κ3) is 6.26. The molecule has 0 bridgehead atoms. The van der Waals surface area contributed by atoms with Gasteiger partial charge in [-0.3, -0.25) is 0 Å². The molecular weight excluding hydrogens is 415 g/mol. The lowest BCUT2D eigenvalue weighted by molar-refractivity contribution is 0.376. The maximum absolute atomic E-state index is 5.04. The zero-order chi connectivity index (χ0) is 15.1. The number of hydrogen-bond acceptors (Lipinski definition) is 6. The molecule has 2 rings (SSSR count). The van der Waals surface area contributed by atoms with Crippen LogP contribution in [0, 0.1) is 13.8 Å². The van der Waals surface area contributed by atoms with Gasteiger partial charge in [-0.25, -0.2) is 9.98 Å². The first-order valence-electron chi connectivity index (χ1n) is 6.89. The summed E-state index contributed by atoms with van der Waals surface area (Å²) in [5, 5.41) is 13.4. The van der Waals surface area contributed by atoms with E-state index in [1.54, 1.807) is 18.3 Å². The van der Waals surface area contributed by atoms with Crippen molar-refractivity contribution in [3.8, 4) is 0 Å². The summed E-state index contributed by atoms with van der Waals surface area (Å²) in [6.45, 7) is 7.77. The maximum Gasteiger partial charge on any atom is 0.248 e. The summed E-state index contributed by atoms with van der Waals surface area (Å²) in [5.74, 6) is 1.87. The molecule has 0 aliphatic heterocycles. The zero-order valence-electron chi connectivity index (χ0n) is 12.9. The van der Waals surface area contributed by atoms with E-state index in [1.165, 1.54) is 0 Å². The number of aliphatic imine (C=N–C) groups is 1. The smallest absolute Gasteiger partial charge is 0.248 e. The van der Waals surface area contributed by atoms with E-state index in [9.17, 15) is 0 Å². The number of hydrogen-bond donors (Lipinski definition) is 2. The van der Waals surface area contributed by atoms with Gasteiger partial charge in [0, 0.05) is 24.9 Å². The molecule has 0 spiro atoms. The second kappa shape index (κ2) is 9.72. The number of guanidine groups is 1. The molecule has 22 heavy (non-hydrogen) atoms. The van der Waals surface area contributed by atoms with E-state index in [0.717, 1.165) is 36.2 Å². The van der Waals surface area contributed by atoms with Crippen molar-refractivity contribution in [2.75, 3.05) is 13.1 Å². The van der Waals surface area contributed by atoms with Crippen LogP contribution in [-0.2, 0) is 13.0 Å². The summed E-state index contributed by atoms with van der Waals surface area (Å²) in [6, 6.07) is 0. The van der Waals surface area contributed by atoms with Crippen molar-refractivity contribution in [2.24, 2.45) is 4.99 Å². The summed E-state index contributed by atoms with van der Waals surface area (Å²) < 4.78 is 5.04. The molecule has 2 N–H and O–H groups in total. The Balaban J connectivity index is 0.00000242. The predicted octanol–water partition coefficient (Wildman–Crippen LogP) is 2.06. The Morgan fingerprint density at radius 2 is 2.14 bits per heavy atom. The number of aromatic nitrogens is 3. The molecule has 0 atom stereocenters. The van der Waals surface area contributed by atoms with Crippen molar-refractivity contribution in [2.45, 2.75) is 33.7 Å². The van der Waals surface area contributed by atoms with Gasteiger partial charge in [0.05, 0.1) is 10.7 Å². The number of halogens is 1. The minimum atomic E-state index is 0. The Morgan fingerprint density at radius 3 is 2.73 bits per heavy atom. The molecule has 2 aromatic heterocycles. The average Bonchev–Trinajstić information content (AvgIpc) is 3.05. The number of nitrogens with zero attached hydrogens (tertiary/aromatic N) is 4. The molecule has 7 nitrogen and oxygen atoms in total. The highest BCUT2D eigenvalue weighted by Crippen LogP contribution is 2.07. The summed E-state index contributed by atoms with van der Waals surface area (Å²) in [6.07, 6.45) is 0.869. The zero-order valence-corrected chi connectivity index (χ0v) is 16.1. The van der Waals surface area contributed by atoms with Gasteiger partial charge in [-0.2, -0.15) is 4.98 Å². The second-order valence-electron chi connectivity index (χ2n) is 4.47. The van der Waals surface area contributed by atoms with E-state index in [2.05, 4.69) is 36.1 Å². The molecule has 0 amide bonds. The van der Waals surface area contributed by atoms with Gasteiger partial charge in [-0.15, -0.1) is 35.3 Å². The molecule has 0 fully saturated rings. The molecule has 0 saturated carbocycles. The van der Waals surface area contributed by atoms with Crippen molar-refractivity contribution in [1.82, 2.24) is 25.8 Å². The molecule has 2 aromatic rings. The first kappa shape index (κ1) is 18.8. The van der Waals surface area contributed by atoms with Crippen LogP contribution in [0.5, 0.6) is 0 Å². The van der Waals surface area contributed by atoms with Crippen LogP contribution in [0.25, 0.3) is 0 Å². The van der Waals surface area contributed by atoms with Gasteiger partial charge in [0.25, 0.3) is 0 Å². The highest BCUT2D eigenvalue weighted by atomic mass is 127. The largest absolute Gasteiger partial charge is 0.357 e. The lowest BCUT2D eigenvalue weighted by Crippen LogP contribution is -2.38. The first-order valence-corrected chi connectivity index (χ1v) is 7.77. The Morgan fingerprint density at radius 1 is 1.32 bits per heavy atom. The third-order valence-electron chi connectivity index (χ3n) is 2.63. The fraction of sp³-hybridized carbons (Fsp3) is 0.538. The van der Waals surface area contributed by atoms with E-state index < -0.39 is 0 Å². The first-order chi connectivity index (χ1) is 10.2. The minimum absolute atomic E-state index is 0. The van der Waals surface area contributed by atoms with Crippen LogP contribution in [0.4, 0.5) is 0 Å². The molecule has 2 heterocycles. The highest BCUT2D eigenvalue weighted by molar-refractivity contribution is 14.0. The number of thiazole rings is 1. The Bertz CT molecular complexity index is 597. The van der Waals surface area contributed by atoms with E-state index in [0.29, 0.717) is 18.3 Å². The molecule has 0 radical (unpaired) electrons. The topological polar surface area (TPSA) is 88.2 Å². The van der Waals surface area contributed by atoms with Gasteiger partial charge in [0.15, 0.2) is 11.8 Å². The van der Waals surface area contributed by atoms with Gasteiger partial charge in [0.1, 0.15) is 6.54 Å². The van der Waals surface area contributed by atoms with E-state index in [1.807, 2.05) is 13.8 Å². The van der Waals surface area contributed by atoms with Crippen LogP contribution in [0.2, 0.25) is 0 Å². The number of rotatable bonds is 6. The number of nitrogens with one attached hydrogen (secondary N) is 2. The molecule has 0 aliphatic rings. The quantitative estimate of drug-likeness (QED) is 0.410. The van der Waals surface area contributed by atoms with Crippen molar-refractivity contribution in [1.29, 1.82) is 0 Å². The summed E-state index contributed by atoms with van der Waals surface area (Å²) in [7, 11) is 0. The van der Waals surface area contributed by atoms with Crippen LogP contribution in [0.1, 0.15) is 29.3 Å². The van der Waals surface area contributed by atoms with Crippen LogP contribution >= 0.6 is 35.3 Å². The maximum atomic E-state index is 5.04. The van der Waals surface area contributed by atoms with Crippen LogP contribution < -0.4 is 10.6 Å². The van der Waals surface area contributed by atoms with Gasteiger partial charge in [0.2, 0.25) is 5.89 Å². The second-order valence-corrected chi connectivity index (χ2v) is 5.53. The fourth-order valence-corrected chi connectivity index (χ4v) is 2.37. The monoisotopic (exact) mass is 436 g/mol. The van der Waals surface area contributed by atoms with Crippen LogP contribution in [0.15, 0.2) is 14.9 Å². The van der Waals surface area contributed by atoms with Crippen LogP contribution in [0.3, 0.4) is 0 Å². The lowest BCUT2D eigenvalue weighted by atomic mass is 10.3. The predicted molar refractivity (Wildman–Crippen MR) is 97.8 cm³/mol. The molecule has 0 unspecified atom stereocenters. The van der Waals surface area contributed by atoms with Gasteiger partial charge < -0.3 is 15.2 Å². The SMILES string of the molecule is CCNC(=NCc1nc(C)no1)NCCc1csc(C)n1.I. The van der Waals surface area contributed by atoms with E-state index in [4.69, 9.17) is 4.52 Å². The molecule has 122 valence electrons. The minimum Gasteiger partial charge on any atom is -0.357 e. The summed E-state index contributed by atoms with van der Waals surface area (Å²) in [4.78, 5) is 13.0. The Labute approximate surface area is 151 Å². The summed E-state index contributed by atoms with van der Waals surface area (Å²) >= 11 is 1.67. The standard InChI is InChI=1S/C13H20N6OS.HI/c1-4-14-13(16-7-12-17-9(2)19-20-12)15-6-5-11-8-21-10(3)18-11;/h8H,4-7H2,1-3H3,(H2,14,15,16);1H. The van der Waals surface area contributed by atoms with Crippen molar-refractivity contribution in [3.63, 3.8) is 0 Å². The molecular formula is C13H21IN6OS. The van der Waals surface area contributed by atoms with Crippen LogP contribution in [-0.4, -0.2) is 34.2 Å². The highest BCUT2D eigenvalue weighted by Gasteiger charge is 2.03. The van der Waals surface area contributed by atoms with Gasteiger partial charge >= 0.3 is 0 Å². The average molecular weight is 436 g/mol.